The van der Waals surface area contributed by atoms with E-state index in [-0.39, 0.29) is 0 Å². The van der Waals surface area contributed by atoms with Crippen LogP contribution in [0, 0.1) is 11.8 Å². The average Bonchev–Trinajstić information content (AvgIpc) is 2.54. The molecule has 0 aromatic carbocycles. The fourth-order valence-corrected chi connectivity index (χ4v) is 2.54. The summed E-state index contributed by atoms with van der Waals surface area (Å²) in [6.45, 7) is 8.81. The van der Waals surface area contributed by atoms with E-state index in [1.165, 1.54) is 22.3 Å². The Bertz CT molecular complexity index is 456. The molecule has 0 aromatic rings. The minimum atomic E-state index is 0.497. The third-order valence-corrected chi connectivity index (χ3v) is 3.32. The first-order valence-corrected chi connectivity index (χ1v) is 6.71. The van der Waals surface area contributed by atoms with Crippen molar-refractivity contribution in [2.24, 2.45) is 11.8 Å². The van der Waals surface area contributed by atoms with E-state index in [1.807, 2.05) is 0 Å². The third kappa shape index (κ3) is 3.22. The Morgan fingerprint density at radius 2 is 1.00 bits per heavy atom. The van der Waals surface area contributed by atoms with Crippen molar-refractivity contribution < 1.29 is 0 Å². The monoisotopic (exact) mass is 238 g/mol. The van der Waals surface area contributed by atoms with Gasteiger partial charge in [-0.25, -0.2) is 0 Å². The summed E-state index contributed by atoms with van der Waals surface area (Å²) in [4.78, 5) is 0. The van der Waals surface area contributed by atoms with Crippen LogP contribution in [0.5, 0.6) is 0 Å². The lowest BCUT2D eigenvalue weighted by Gasteiger charge is -2.06. The molecule has 0 amide bonds. The van der Waals surface area contributed by atoms with Crippen LogP contribution in [0.2, 0.25) is 0 Å². The Balaban J connectivity index is 2.33. The highest BCUT2D eigenvalue weighted by Crippen LogP contribution is 2.25. The highest BCUT2D eigenvalue weighted by atomic mass is 14.1. The van der Waals surface area contributed by atoms with Crippen LogP contribution < -0.4 is 0 Å². The van der Waals surface area contributed by atoms with E-state index in [2.05, 4.69) is 76.3 Å². The van der Waals surface area contributed by atoms with Gasteiger partial charge >= 0.3 is 0 Å². The van der Waals surface area contributed by atoms with Crippen LogP contribution in [0.15, 0.2) is 70.9 Å². The van der Waals surface area contributed by atoms with Gasteiger partial charge in [0.2, 0.25) is 0 Å². The molecule has 18 heavy (non-hydrogen) atoms. The molecule has 2 atom stereocenters. The van der Waals surface area contributed by atoms with E-state index in [4.69, 9.17) is 0 Å². The van der Waals surface area contributed by atoms with Gasteiger partial charge in [0.15, 0.2) is 0 Å². The van der Waals surface area contributed by atoms with Crippen molar-refractivity contribution in [3.8, 4) is 0 Å². The van der Waals surface area contributed by atoms with E-state index in [0.717, 1.165) is 0 Å². The fourth-order valence-electron chi connectivity index (χ4n) is 2.54. The Hall–Kier alpha value is -1.56. The van der Waals surface area contributed by atoms with Gasteiger partial charge in [0.1, 0.15) is 0 Å². The zero-order valence-corrected chi connectivity index (χ0v) is 11.8. The van der Waals surface area contributed by atoms with Gasteiger partial charge in [-0.05, 0) is 36.8 Å². The van der Waals surface area contributed by atoms with Crippen LogP contribution in [0.4, 0.5) is 0 Å². The molecule has 0 fully saturated rings. The fraction of sp³-hybridized carbons (Fsp3) is 0.333. The molecule has 2 aliphatic carbocycles. The summed E-state index contributed by atoms with van der Waals surface area (Å²) in [5.74, 6) is 0.994. The molecule has 0 nitrogen and oxygen atoms in total. The SMILES string of the molecule is CC1=CC(C)C=C(C2=CC(C)C=C(C)C=C2)C=C1. The van der Waals surface area contributed by atoms with Gasteiger partial charge in [0.25, 0.3) is 0 Å². The second-order valence-electron chi connectivity index (χ2n) is 5.45. The first-order valence-electron chi connectivity index (χ1n) is 6.71. The molecule has 0 N–H and O–H groups in total. The molecule has 0 bridgehead atoms. The topological polar surface area (TPSA) is 0 Å². The van der Waals surface area contributed by atoms with Gasteiger partial charge < -0.3 is 0 Å². The highest BCUT2D eigenvalue weighted by Gasteiger charge is 2.08. The van der Waals surface area contributed by atoms with E-state index < -0.39 is 0 Å². The Kier molecular flexibility index (Phi) is 3.86. The minimum Gasteiger partial charge on any atom is -0.0749 e. The number of hydrogen-bond acceptors (Lipinski definition) is 0. The van der Waals surface area contributed by atoms with E-state index >= 15 is 0 Å². The lowest BCUT2D eigenvalue weighted by atomic mass is 9.98. The quantitative estimate of drug-likeness (QED) is 0.593. The van der Waals surface area contributed by atoms with Crippen LogP contribution in [0.25, 0.3) is 0 Å². The van der Waals surface area contributed by atoms with Crippen LogP contribution in [0.3, 0.4) is 0 Å². The molecule has 0 heterocycles. The zero-order chi connectivity index (χ0) is 13.1. The number of allylic oxidation sites excluding steroid dienone is 12. The van der Waals surface area contributed by atoms with Crippen LogP contribution in [-0.2, 0) is 0 Å². The Labute approximate surface area is 111 Å². The van der Waals surface area contributed by atoms with Crippen molar-refractivity contribution in [1.29, 1.82) is 0 Å². The van der Waals surface area contributed by atoms with Crippen LogP contribution in [0.1, 0.15) is 27.7 Å². The maximum Gasteiger partial charge on any atom is -0.00670 e. The summed E-state index contributed by atoms with van der Waals surface area (Å²) in [6, 6.07) is 0. The summed E-state index contributed by atoms with van der Waals surface area (Å²) in [6.07, 6.45) is 18.2. The van der Waals surface area contributed by atoms with Crippen molar-refractivity contribution in [3.05, 3.63) is 70.9 Å². The molecule has 2 aliphatic rings. The van der Waals surface area contributed by atoms with E-state index in [9.17, 15) is 0 Å². The molecule has 2 rings (SSSR count). The first-order chi connectivity index (χ1) is 8.54. The minimum absolute atomic E-state index is 0.497. The number of rotatable bonds is 1. The first kappa shape index (κ1) is 12.9. The Morgan fingerprint density at radius 1 is 0.611 bits per heavy atom. The lowest BCUT2D eigenvalue weighted by Crippen LogP contribution is -1.91. The number of hydrogen-bond donors (Lipinski definition) is 0. The van der Waals surface area contributed by atoms with Crippen LogP contribution in [-0.4, -0.2) is 0 Å². The van der Waals surface area contributed by atoms with Crippen molar-refractivity contribution in [2.45, 2.75) is 27.7 Å². The maximum absolute atomic E-state index is 2.34. The molecule has 0 aromatic heterocycles. The molecule has 0 saturated heterocycles. The summed E-state index contributed by atoms with van der Waals surface area (Å²) in [5, 5.41) is 0. The molecule has 0 saturated carbocycles. The zero-order valence-electron chi connectivity index (χ0n) is 11.8. The van der Waals surface area contributed by atoms with Gasteiger partial charge in [-0.2, -0.15) is 0 Å². The highest BCUT2D eigenvalue weighted by molar-refractivity contribution is 5.52. The summed E-state index contributed by atoms with van der Waals surface area (Å²) in [7, 11) is 0. The van der Waals surface area contributed by atoms with Gasteiger partial charge in [-0.15, -0.1) is 0 Å². The molecular formula is C18H22. The van der Waals surface area contributed by atoms with Crippen LogP contribution >= 0.6 is 0 Å². The lowest BCUT2D eigenvalue weighted by molar-refractivity contribution is 0.916. The molecule has 0 heteroatoms. The van der Waals surface area contributed by atoms with Gasteiger partial charge in [0, 0.05) is 0 Å². The van der Waals surface area contributed by atoms with Gasteiger partial charge in [-0.3, -0.25) is 0 Å². The summed E-state index contributed by atoms with van der Waals surface area (Å²) < 4.78 is 0. The smallest absolute Gasteiger partial charge is 0.00670 e. The molecular weight excluding hydrogens is 216 g/mol. The summed E-state index contributed by atoms with van der Waals surface area (Å²) >= 11 is 0. The third-order valence-electron chi connectivity index (χ3n) is 3.32. The van der Waals surface area contributed by atoms with Gasteiger partial charge in [0.05, 0.1) is 0 Å². The maximum atomic E-state index is 2.34. The summed E-state index contributed by atoms with van der Waals surface area (Å²) in [5.41, 5.74) is 5.35. The normalized spacial score (nSPS) is 27.8. The molecule has 2 unspecified atom stereocenters. The molecule has 0 aliphatic heterocycles. The average molecular weight is 238 g/mol. The standard InChI is InChI=1S/C18H22/c1-13-5-7-17(11-15(3)9-13)18-8-6-14(2)10-16(4)12-18/h5-12,15-16H,1-4H3. The Morgan fingerprint density at radius 3 is 1.39 bits per heavy atom. The largest absolute Gasteiger partial charge is 0.0749 e. The molecule has 94 valence electrons. The second-order valence-corrected chi connectivity index (χ2v) is 5.45. The predicted octanol–water partition coefficient (Wildman–Crippen LogP) is 5.14. The second kappa shape index (κ2) is 5.39. The van der Waals surface area contributed by atoms with Gasteiger partial charge in [-0.1, -0.05) is 73.6 Å². The van der Waals surface area contributed by atoms with Crippen molar-refractivity contribution in [2.75, 3.05) is 0 Å². The van der Waals surface area contributed by atoms with Crippen molar-refractivity contribution in [1.82, 2.24) is 0 Å². The van der Waals surface area contributed by atoms with E-state index in [1.54, 1.807) is 0 Å². The molecule has 0 spiro atoms. The molecule has 0 radical (unpaired) electrons. The van der Waals surface area contributed by atoms with Crippen molar-refractivity contribution in [3.63, 3.8) is 0 Å². The van der Waals surface area contributed by atoms with E-state index in [0.29, 0.717) is 11.8 Å². The van der Waals surface area contributed by atoms with Crippen molar-refractivity contribution >= 4 is 0 Å². The predicted molar refractivity (Wildman–Crippen MR) is 80.3 cm³/mol.